The van der Waals surface area contributed by atoms with Gasteiger partial charge in [0.1, 0.15) is 11.6 Å². The topological polar surface area (TPSA) is 83.9 Å². The number of fused-ring (bicyclic) bond motifs is 1. The minimum absolute atomic E-state index is 0.0643. The quantitative estimate of drug-likeness (QED) is 0.563. The van der Waals surface area contributed by atoms with E-state index in [2.05, 4.69) is 25.3 Å². The van der Waals surface area contributed by atoms with Gasteiger partial charge in [0, 0.05) is 12.6 Å². The van der Waals surface area contributed by atoms with Gasteiger partial charge in [0.25, 0.3) is 5.91 Å². The fourth-order valence-corrected chi connectivity index (χ4v) is 5.67. The van der Waals surface area contributed by atoms with Crippen molar-refractivity contribution in [3.8, 4) is 11.4 Å². The van der Waals surface area contributed by atoms with Crippen molar-refractivity contribution in [1.82, 2.24) is 24.8 Å². The number of aromatic nitrogens is 4. The maximum absolute atomic E-state index is 14.8. The number of benzene rings is 1. The Balaban J connectivity index is 1.27. The predicted octanol–water partition coefficient (Wildman–Crippen LogP) is 3.80. The Morgan fingerprint density at radius 1 is 1.00 bits per heavy atom. The largest absolute Gasteiger partial charge is 0.434 e. The van der Waals surface area contributed by atoms with Gasteiger partial charge in [-0.15, -0.1) is 0 Å². The van der Waals surface area contributed by atoms with E-state index in [4.69, 9.17) is 0 Å². The summed E-state index contributed by atoms with van der Waals surface area (Å²) in [5.41, 5.74) is -1.13. The van der Waals surface area contributed by atoms with Gasteiger partial charge in [-0.05, 0) is 36.3 Å². The SMILES string of the molecule is O=C(c1cccc(F)c1-c1ncc(F)cn1)N1CC2C3CC(Nc4cnc(C(F)(F)F)cn4)C1C32. The van der Waals surface area contributed by atoms with Crippen LogP contribution >= 0.6 is 0 Å². The Hall–Kier alpha value is -3.70. The Labute approximate surface area is 195 Å². The lowest BCUT2D eigenvalue weighted by Crippen LogP contribution is -2.45. The molecule has 5 atom stereocenters. The molecule has 5 unspecified atom stereocenters. The van der Waals surface area contributed by atoms with Crippen molar-refractivity contribution in [2.75, 3.05) is 11.9 Å². The van der Waals surface area contributed by atoms with Crippen LogP contribution in [-0.4, -0.2) is 49.4 Å². The molecule has 12 heteroatoms. The molecule has 0 radical (unpaired) electrons. The third kappa shape index (κ3) is 3.58. The fourth-order valence-electron chi connectivity index (χ4n) is 5.67. The summed E-state index contributed by atoms with van der Waals surface area (Å²) in [5.74, 6) is -0.701. The van der Waals surface area contributed by atoms with Gasteiger partial charge in [0.15, 0.2) is 17.3 Å². The smallest absolute Gasteiger partial charge is 0.364 e. The number of likely N-dealkylation sites (tertiary alicyclic amines) is 1. The molecule has 1 N–H and O–H groups in total. The van der Waals surface area contributed by atoms with Crippen LogP contribution in [0, 0.1) is 29.4 Å². The van der Waals surface area contributed by atoms with E-state index in [1.54, 1.807) is 4.90 Å². The highest BCUT2D eigenvalue weighted by atomic mass is 19.4. The number of carbonyl (C=O) groups excluding carboxylic acids is 1. The van der Waals surface area contributed by atoms with Crippen molar-refractivity contribution in [3.05, 3.63) is 65.9 Å². The zero-order valence-corrected chi connectivity index (χ0v) is 17.9. The molecule has 3 fully saturated rings. The van der Waals surface area contributed by atoms with Crippen LogP contribution in [0.5, 0.6) is 0 Å². The minimum atomic E-state index is -4.58. The van der Waals surface area contributed by atoms with Gasteiger partial charge < -0.3 is 10.2 Å². The molecule has 2 aliphatic carbocycles. The fraction of sp³-hybridized carbons (Fsp3) is 0.348. The number of nitrogens with zero attached hydrogens (tertiary/aromatic N) is 5. The van der Waals surface area contributed by atoms with E-state index in [0.717, 1.165) is 25.0 Å². The molecule has 1 saturated heterocycles. The van der Waals surface area contributed by atoms with E-state index < -0.39 is 29.4 Å². The van der Waals surface area contributed by atoms with E-state index >= 15 is 0 Å². The number of nitrogens with one attached hydrogen (secondary N) is 1. The first kappa shape index (κ1) is 21.8. The van der Waals surface area contributed by atoms with Crippen LogP contribution in [0.25, 0.3) is 11.4 Å². The van der Waals surface area contributed by atoms with Crippen LogP contribution in [0.15, 0.2) is 43.0 Å². The zero-order valence-electron chi connectivity index (χ0n) is 17.9. The summed E-state index contributed by atoms with van der Waals surface area (Å²) < 4.78 is 66.4. The summed E-state index contributed by atoms with van der Waals surface area (Å²) in [6.07, 6.45) is -0.341. The third-order valence-electron chi connectivity index (χ3n) is 7.12. The number of anilines is 1. The van der Waals surface area contributed by atoms with Gasteiger partial charge in [0.2, 0.25) is 0 Å². The summed E-state index contributed by atoms with van der Waals surface area (Å²) >= 11 is 0. The van der Waals surface area contributed by atoms with E-state index in [1.165, 1.54) is 18.2 Å². The molecule has 35 heavy (non-hydrogen) atoms. The number of alkyl halides is 3. The first-order valence-corrected chi connectivity index (χ1v) is 11.0. The van der Waals surface area contributed by atoms with E-state index in [9.17, 15) is 26.7 Å². The van der Waals surface area contributed by atoms with Gasteiger partial charge in [-0.25, -0.2) is 28.7 Å². The standard InChI is InChI=1S/C23H17F5N6O/c24-10-5-31-21(32-6-10)19-11(2-1-3-14(19)25)22(35)34-9-13-12-4-15(20(34)18(12)13)33-17-8-29-16(7-30-17)23(26,27)28/h1-3,5-8,12-13,15,18,20H,4,9H2,(H,30,33). The predicted molar refractivity (Wildman–Crippen MR) is 112 cm³/mol. The summed E-state index contributed by atoms with van der Waals surface area (Å²) in [5, 5.41) is 3.13. The molecular weight excluding hydrogens is 471 g/mol. The lowest BCUT2D eigenvalue weighted by atomic mass is 10.0. The minimum Gasteiger partial charge on any atom is -0.364 e. The molecule has 3 aliphatic rings. The number of piperidine rings is 1. The maximum atomic E-state index is 14.8. The van der Waals surface area contributed by atoms with E-state index in [1.807, 2.05) is 0 Å². The van der Waals surface area contributed by atoms with Crippen molar-refractivity contribution in [3.63, 3.8) is 0 Å². The van der Waals surface area contributed by atoms with Gasteiger partial charge in [-0.3, -0.25) is 4.79 Å². The molecule has 1 aromatic carbocycles. The number of halogens is 5. The van der Waals surface area contributed by atoms with Gasteiger partial charge >= 0.3 is 6.18 Å². The average Bonchev–Trinajstić information content (AvgIpc) is 3.18. The molecule has 180 valence electrons. The summed E-state index contributed by atoms with van der Waals surface area (Å²) in [7, 11) is 0. The van der Waals surface area contributed by atoms with Crippen LogP contribution in [-0.2, 0) is 6.18 Å². The second-order valence-corrected chi connectivity index (χ2v) is 9.01. The van der Waals surface area contributed by atoms with Crippen molar-refractivity contribution >= 4 is 11.7 Å². The highest BCUT2D eigenvalue weighted by Gasteiger charge is 2.69. The van der Waals surface area contributed by atoms with Crippen LogP contribution < -0.4 is 5.32 Å². The van der Waals surface area contributed by atoms with E-state index in [-0.39, 0.29) is 40.8 Å². The van der Waals surface area contributed by atoms with Crippen LogP contribution in [0.4, 0.5) is 27.8 Å². The van der Waals surface area contributed by atoms with Gasteiger partial charge in [0.05, 0.1) is 42.0 Å². The molecule has 0 spiro atoms. The Kier molecular flexibility index (Phi) is 4.77. The number of amides is 1. The first-order valence-electron chi connectivity index (χ1n) is 11.0. The lowest BCUT2D eigenvalue weighted by Gasteiger charge is -2.30. The zero-order chi connectivity index (χ0) is 24.5. The van der Waals surface area contributed by atoms with Crippen LogP contribution in [0.2, 0.25) is 0 Å². The van der Waals surface area contributed by atoms with Crippen LogP contribution in [0.3, 0.4) is 0 Å². The lowest BCUT2D eigenvalue weighted by molar-refractivity contribution is -0.141. The van der Waals surface area contributed by atoms with Crippen molar-refractivity contribution < 1.29 is 26.7 Å². The Morgan fingerprint density at radius 2 is 1.77 bits per heavy atom. The summed E-state index contributed by atoms with van der Waals surface area (Å²) in [4.78, 5) is 30.2. The number of rotatable bonds is 4. The molecule has 2 saturated carbocycles. The van der Waals surface area contributed by atoms with Crippen molar-refractivity contribution in [1.29, 1.82) is 0 Å². The highest BCUT2D eigenvalue weighted by molar-refractivity contribution is 6.00. The van der Waals surface area contributed by atoms with Crippen molar-refractivity contribution in [2.45, 2.75) is 24.7 Å². The molecule has 3 aromatic rings. The van der Waals surface area contributed by atoms with Gasteiger partial charge in [-0.1, -0.05) is 6.07 Å². The molecule has 1 aliphatic heterocycles. The number of carbonyl (C=O) groups is 1. The molecule has 6 rings (SSSR count). The highest BCUT2D eigenvalue weighted by Crippen LogP contribution is 2.64. The number of hydrogen-bond acceptors (Lipinski definition) is 6. The Bertz CT molecular complexity index is 1300. The maximum Gasteiger partial charge on any atom is 0.434 e. The molecule has 2 aromatic heterocycles. The monoisotopic (exact) mass is 488 g/mol. The second-order valence-electron chi connectivity index (χ2n) is 9.01. The molecular formula is C23H17F5N6O. The summed E-state index contributed by atoms with van der Waals surface area (Å²) in [6, 6.07) is 3.61. The normalized spacial score (nSPS) is 26.5. The molecule has 3 heterocycles. The second kappa shape index (κ2) is 7.65. The third-order valence-corrected chi connectivity index (χ3v) is 7.12. The molecule has 7 nitrogen and oxygen atoms in total. The Morgan fingerprint density at radius 3 is 2.46 bits per heavy atom. The first-order chi connectivity index (χ1) is 16.7. The van der Waals surface area contributed by atoms with E-state index in [0.29, 0.717) is 24.6 Å². The number of hydrogen-bond donors (Lipinski definition) is 1. The van der Waals surface area contributed by atoms with Crippen molar-refractivity contribution in [2.24, 2.45) is 17.8 Å². The van der Waals surface area contributed by atoms with Gasteiger partial charge in [-0.2, -0.15) is 13.2 Å². The van der Waals surface area contributed by atoms with Crippen LogP contribution in [0.1, 0.15) is 22.5 Å². The average molecular weight is 488 g/mol. The molecule has 1 amide bonds. The summed E-state index contributed by atoms with van der Waals surface area (Å²) in [6.45, 7) is 0.496. The molecule has 0 bridgehead atoms.